The molecular formula is C30H33ClFN3O5S. The Morgan fingerprint density at radius 3 is 2.20 bits per heavy atom. The fourth-order valence-corrected chi connectivity index (χ4v) is 6.31. The van der Waals surface area contributed by atoms with Gasteiger partial charge in [-0.25, -0.2) is 12.8 Å². The second-order valence-electron chi connectivity index (χ2n) is 9.98. The standard InChI is InChI=1S/C30H33ClFN3O5S/c1-21(30(37)33-25-5-3-4-6-25)34(19-22-7-9-23(31)10-8-22)29(36)20-35(26-13-11-24(32)12-14-26)41(38,39)28-17-15-27(40-2)16-18-28/h7-18,21,25H,3-6,19-20H2,1-2H3,(H,33,37). The summed E-state index contributed by atoms with van der Waals surface area (Å²) in [5.74, 6) is -1.01. The number of benzene rings is 3. The number of rotatable bonds is 11. The Balaban J connectivity index is 1.67. The first-order valence-corrected chi connectivity index (χ1v) is 15.2. The van der Waals surface area contributed by atoms with Gasteiger partial charge in [-0.3, -0.25) is 13.9 Å². The van der Waals surface area contributed by atoms with Crippen LogP contribution in [0.1, 0.15) is 38.2 Å². The largest absolute Gasteiger partial charge is 0.497 e. The Labute approximate surface area is 245 Å². The van der Waals surface area contributed by atoms with Crippen molar-refractivity contribution in [3.8, 4) is 5.75 Å². The zero-order valence-corrected chi connectivity index (χ0v) is 24.5. The molecule has 2 amide bonds. The van der Waals surface area contributed by atoms with Crippen LogP contribution in [0.3, 0.4) is 0 Å². The second kappa shape index (κ2) is 13.4. The van der Waals surface area contributed by atoms with Gasteiger partial charge in [0.05, 0.1) is 17.7 Å². The molecule has 0 bridgehead atoms. The minimum absolute atomic E-state index is 0.0450. The summed E-state index contributed by atoms with van der Waals surface area (Å²) in [7, 11) is -2.81. The highest BCUT2D eigenvalue weighted by atomic mass is 35.5. The number of amides is 2. The van der Waals surface area contributed by atoms with Crippen molar-refractivity contribution in [2.75, 3.05) is 18.0 Å². The first-order valence-electron chi connectivity index (χ1n) is 13.3. The van der Waals surface area contributed by atoms with E-state index >= 15 is 0 Å². The quantitative estimate of drug-likeness (QED) is 0.328. The Kier molecular flexibility index (Phi) is 9.88. The van der Waals surface area contributed by atoms with Crippen molar-refractivity contribution >= 4 is 39.1 Å². The van der Waals surface area contributed by atoms with E-state index < -0.39 is 34.3 Å². The van der Waals surface area contributed by atoms with Crippen molar-refractivity contribution in [2.45, 2.75) is 56.1 Å². The van der Waals surface area contributed by atoms with E-state index in [4.69, 9.17) is 16.3 Å². The summed E-state index contributed by atoms with van der Waals surface area (Å²) >= 11 is 6.04. The highest BCUT2D eigenvalue weighted by Gasteiger charge is 2.33. The van der Waals surface area contributed by atoms with Gasteiger partial charge in [0.2, 0.25) is 11.8 Å². The third-order valence-electron chi connectivity index (χ3n) is 7.18. The number of carbonyl (C=O) groups excluding carboxylic acids is 2. The first kappa shape index (κ1) is 30.3. The molecule has 1 aliphatic rings. The summed E-state index contributed by atoms with van der Waals surface area (Å²) in [4.78, 5) is 28.5. The molecule has 3 aromatic rings. The number of sulfonamides is 1. The van der Waals surface area contributed by atoms with Gasteiger partial charge in [-0.1, -0.05) is 36.6 Å². The topological polar surface area (TPSA) is 96.0 Å². The van der Waals surface area contributed by atoms with Gasteiger partial charge in [-0.15, -0.1) is 0 Å². The fraction of sp³-hybridized carbons (Fsp3) is 0.333. The van der Waals surface area contributed by atoms with Crippen LogP contribution in [0.4, 0.5) is 10.1 Å². The summed E-state index contributed by atoms with van der Waals surface area (Å²) in [6.07, 6.45) is 3.81. The number of carbonyl (C=O) groups is 2. The predicted molar refractivity (Wildman–Crippen MR) is 156 cm³/mol. The van der Waals surface area contributed by atoms with Crippen molar-refractivity contribution in [1.82, 2.24) is 10.2 Å². The van der Waals surface area contributed by atoms with E-state index in [1.165, 1.54) is 48.4 Å². The van der Waals surface area contributed by atoms with Crippen LogP contribution in [0.15, 0.2) is 77.7 Å². The minimum atomic E-state index is -4.27. The lowest BCUT2D eigenvalue weighted by atomic mass is 10.1. The average Bonchev–Trinajstić information content (AvgIpc) is 3.48. The lowest BCUT2D eigenvalue weighted by molar-refractivity contribution is -0.139. The molecule has 3 aromatic carbocycles. The maximum absolute atomic E-state index is 13.9. The summed E-state index contributed by atoms with van der Waals surface area (Å²) in [6, 6.07) is 16.6. The third kappa shape index (κ3) is 7.56. The van der Waals surface area contributed by atoms with E-state index in [9.17, 15) is 22.4 Å². The lowest BCUT2D eigenvalue weighted by Gasteiger charge is -2.32. The lowest BCUT2D eigenvalue weighted by Crippen LogP contribution is -2.52. The molecule has 0 aliphatic heterocycles. The summed E-state index contributed by atoms with van der Waals surface area (Å²) in [5, 5.41) is 3.55. The van der Waals surface area contributed by atoms with Crippen molar-refractivity contribution in [3.63, 3.8) is 0 Å². The predicted octanol–water partition coefficient (Wildman–Crippen LogP) is 5.16. The molecule has 1 N–H and O–H groups in total. The molecule has 1 atom stereocenters. The average molecular weight is 602 g/mol. The Morgan fingerprint density at radius 2 is 1.61 bits per heavy atom. The van der Waals surface area contributed by atoms with E-state index in [1.54, 1.807) is 31.2 Å². The summed E-state index contributed by atoms with van der Waals surface area (Å²) in [5.41, 5.74) is 0.819. The van der Waals surface area contributed by atoms with Crippen LogP contribution in [0, 0.1) is 5.82 Å². The zero-order valence-electron chi connectivity index (χ0n) is 22.9. The van der Waals surface area contributed by atoms with Crippen LogP contribution >= 0.6 is 11.6 Å². The highest BCUT2D eigenvalue weighted by molar-refractivity contribution is 7.92. The van der Waals surface area contributed by atoms with Crippen LogP contribution < -0.4 is 14.4 Å². The summed E-state index contributed by atoms with van der Waals surface area (Å²) in [6.45, 7) is 1.06. The molecule has 0 radical (unpaired) electrons. The first-order chi connectivity index (χ1) is 19.6. The van der Waals surface area contributed by atoms with E-state index in [0.29, 0.717) is 10.8 Å². The number of anilines is 1. The van der Waals surface area contributed by atoms with Gasteiger partial charge in [0.15, 0.2) is 0 Å². The van der Waals surface area contributed by atoms with Crippen molar-refractivity contribution in [1.29, 1.82) is 0 Å². The molecule has 1 saturated carbocycles. The molecule has 1 unspecified atom stereocenters. The Bertz CT molecular complexity index is 1440. The van der Waals surface area contributed by atoms with E-state index in [1.807, 2.05) is 0 Å². The molecule has 1 fully saturated rings. The van der Waals surface area contributed by atoms with Crippen molar-refractivity contribution in [2.24, 2.45) is 0 Å². The SMILES string of the molecule is COc1ccc(S(=O)(=O)N(CC(=O)N(Cc2ccc(Cl)cc2)C(C)C(=O)NC2CCCC2)c2ccc(F)cc2)cc1. The Morgan fingerprint density at radius 1 is 1.00 bits per heavy atom. The minimum Gasteiger partial charge on any atom is -0.497 e. The van der Waals surface area contributed by atoms with Crippen molar-refractivity contribution < 1.29 is 27.1 Å². The number of hydrogen-bond acceptors (Lipinski definition) is 5. The maximum atomic E-state index is 13.9. The molecule has 0 spiro atoms. The molecule has 0 saturated heterocycles. The molecule has 1 aliphatic carbocycles. The zero-order chi connectivity index (χ0) is 29.6. The van der Waals surface area contributed by atoms with E-state index in [0.717, 1.165) is 47.7 Å². The molecule has 4 rings (SSSR count). The smallest absolute Gasteiger partial charge is 0.264 e. The second-order valence-corrected chi connectivity index (χ2v) is 12.3. The van der Waals surface area contributed by atoms with Gasteiger partial charge in [-0.2, -0.15) is 0 Å². The highest BCUT2D eigenvalue weighted by Crippen LogP contribution is 2.26. The van der Waals surface area contributed by atoms with Crippen LogP contribution in [0.25, 0.3) is 0 Å². The molecular weight excluding hydrogens is 569 g/mol. The maximum Gasteiger partial charge on any atom is 0.264 e. The van der Waals surface area contributed by atoms with E-state index in [-0.39, 0.29) is 29.1 Å². The fourth-order valence-electron chi connectivity index (χ4n) is 4.77. The van der Waals surface area contributed by atoms with Gasteiger partial charge < -0.3 is 15.0 Å². The molecule has 11 heteroatoms. The number of hydrogen-bond donors (Lipinski definition) is 1. The number of ether oxygens (including phenoxy) is 1. The number of nitrogens with zero attached hydrogens (tertiary/aromatic N) is 2. The monoisotopic (exact) mass is 601 g/mol. The van der Waals surface area contributed by atoms with Crippen LogP contribution in [0.2, 0.25) is 5.02 Å². The number of methoxy groups -OCH3 is 1. The van der Waals surface area contributed by atoms with Gasteiger partial charge in [0, 0.05) is 17.6 Å². The molecule has 0 aromatic heterocycles. The van der Waals surface area contributed by atoms with Crippen LogP contribution in [-0.2, 0) is 26.2 Å². The third-order valence-corrected chi connectivity index (χ3v) is 9.22. The molecule has 0 heterocycles. The normalized spacial score (nSPS) is 14.3. The molecule has 8 nitrogen and oxygen atoms in total. The van der Waals surface area contributed by atoms with Gasteiger partial charge in [0.1, 0.15) is 24.2 Å². The number of nitrogens with one attached hydrogen (secondary N) is 1. The summed E-state index contributed by atoms with van der Waals surface area (Å²) < 4.78 is 47.5. The van der Waals surface area contributed by atoms with E-state index in [2.05, 4.69) is 5.32 Å². The van der Waals surface area contributed by atoms with Crippen LogP contribution in [0.5, 0.6) is 5.75 Å². The van der Waals surface area contributed by atoms with Gasteiger partial charge in [-0.05, 0) is 86.0 Å². The van der Waals surface area contributed by atoms with Gasteiger partial charge in [0.25, 0.3) is 10.0 Å². The van der Waals surface area contributed by atoms with Crippen LogP contribution in [-0.4, -0.2) is 50.9 Å². The van der Waals surface area contributed by atoms with Gasteiger partial charge >= 0.3 is 0 Å². The molecule has 41 heavy (non-hydrogen) atoms. The Hall–Kier alpha value is -3.63. The molecule has 218 valence electrons. The number of halogens is 2. The van der Waals surface area contributed by atoms with Crippen molar-refractivity contribution in [3.05, 3.63) is 89.2 Å².